The van der Waals surface area contributed by atoms with Crippen molar-refractivity contribution >= 4 is 11.8 Å². The Labute approximate surface area is 170 Å². The van der Waals surface area contributed by atoms with E-state index in [1.165, 1.54) is 56.4 Å². The van der Waals surface area contributed by atoms with Crippen LogP contribution in [0.1, 0.15) is 57.9 Å². The maximum atomic E-state index is 6.22. The summed E-state index contributed by atoms with van der Waals surface area (Å²) in [6, 6.07) is 4.99. The van der Waals surface area contributed by atoms with E-state index in [0.717, 1.165) is 37.6 Å². The molecule has 0 spiro atoms. The van der Waals surface area contributed by atoms with Gasteiger partial charge in [-0.3, -0.25) is 0 Å². The SMILES string of the molecule is COc1cc2c(cc1OCCCN1CCCC1)N(CC(C)C)C1CCCC1=C2. The van der Waals surface area contributed by atoms with Crippen LogP contribution in [0.3, 0.4) is 0 Å². The minimum Gasteiger partial charge on any atom is -0.493 e. The molecule has 4 rings (SSSR count). The lowest BCUT2D eigenvalue weighted by Crippen LogP contribution is -2.39. The summed E-state index contributed by atoms with van der Waals surface area (Å²) in [4.78, 5) is 5.17. The first-order chi connectivity index (χ1) is 13.7. The van der Waals surface area contributed by atoms with E-state index in [9.17, 15) is 0 Å². The fourth-order valence-corrected chi connectivity index (χ4v) is 5.04. The molecule has 28 heavy (non-hydrogen) atoms. The Morgan fingerprint density at radius 3 is 2.68 bits per heavy atom. The molecule has 1 saturated heterocycles. The van der Waals surface area contributed by atoms with Crippen LogP contribution in [0.4, 0.5) is 5.69 Å². The molecule has 0 aromatic heterocycles. The average molecular weight is 385 g/mol. The summed E-state index contributed by atoms with van der Waals surface area (Å²) < 4.78 is 11.9. The van der Waals surface area contributed by atoms with Crippen LogP contribution in [0.5, 0.6) is 11.5 Å². The van der Waals surface area contributed by atoms with Gasteiger partial charge in [0.05, 0.1) is 19.8 Å². The molecule has 3 aliphatic rings. The van der Waals surface area contributed by atoms with Gasteiger partial charge in [0.1, 0.15) is 0 Å². The van der Waals surface area contributed by atoms with E-state index in [4.69, 9.17) is 9.47 Å². The number of anilines is 1. The van der Waals surface area contributed by atoms with E-state index in [1.807, 2.05) is 0 Å². The second-order valence-electron chi connectivity index (χ2n) is 8.99. The van der Waals surface area contributed by atoms with Crippen molar-refractivity contribution in [2.45, 2.75) is 58.4 Å². The van der Waals surface area contributed by atoms with Gasteiger partial charge in [-0.05, 0) is 69.2 Å². The van der Waals surface area contributed by atoms with E-state index in [2.05, 4.69) is 41.9 Å². The summed E-state index contributed by atoms with van der Waals surface area (Å²) >= 11 is 0. The van der Waals surface area contributed by atoms with Gasteiger partial charge in [0.15, 0.2) is 11.5 Å². The summed E-state index contributed by atoms with van der Waals surface area (Å²) in [5, 5.41) is 0. The summed E-state index contributed by atoms with van der Waals surface area (Å²) in [7, 11) is 1.75. The second kappa shape index (κ2) is 8.77. The monoisotopic (exact) mass is 384 g/mol. The number of nitrogens with zero attached hydrogens (tertiary/aromatic N) is 2. The zero-order valence-electron chi connectivity index (χ0n) is 17.9. The predicted molar refractivity (Wildman–Crippen MR) is 117 cm³/mol. The van der Waals surface area contributed by atoms with Gasteiger partial charge in [0, 0.05) is 30.4 Å². The molecule has 0 bridgehead atoms. The van der Waals surface area contributed by atoms with Gasteiger partial charge in [-0.2, -0.15) is 0 Å². The standard InChI is InChI=1S/C24H36N2O2/c1-18(2)17-26-21-9-6-8-19(21)14-20-15-23(27-3)24(16-22(20)26)28-13-7-12-25-10-4-5-11-25/h14-16,18,21H,4-13,17H2,1-3H3. The first-order valence-corrected chi connectivity index (χ1v) is 11.2. The number of methoxy groups -OCH3 is 1. The predicted octanol–water partition coefficient (Wildman–Crippen LogP) is 4.97. The fraction of sp³-hybridized carbons (Fsp3) is 0.667. The largest absolute Gasteiger partial charge is 0.493 e. The zero-order chi connectivity index (χ0) is 19.5. The minimum absolute atomic E-state index is 0.575. The van der Waals surface area contributed by atoms with Crippen LogP contribution in [0.15, 0.2) is 17.7 Å². The van der Waals surface area contributed by atoms with Crippen LogP contribution in [-0.4, -0.2) is 50.8 Å². The van der Waals surface area contributed by atoms with Gasteiger partial charge >= 0.3 is 0 Å². The van der Waals surface area contributed by atoms with Crippen molar-refractivity contribution in [3.05, 3.63) is 23.3 Å². The Kier molecular flexibility index (Phi) is 6.15. The molecule has 0 N–H and O–H groups in total. The summed E-state index contributed by atoms with van der Waals surface area (Å²) in [5.74, 6) is 2.39. The lowest BCUT2D eigenvalue weighted by atomic mass is 9.95. The lowest BCUT2D eigenvalue weighted by Gasteiger charge is -2.38. The first-order valence-electron chi connectivity index (χ1n) is 11.2. The number of fused-ring (bicyclic) bond motifs is 2. The van der Waals surface area contributed by atoms with E-state index in [-0.39, 0.29) is 0 Å². The summed E-state index contributed by atoms with van der Waals surface area (Å²) in [5.41, 5.74) is 4.20. The lowest BCUT2D eigenvalue weighted by molar-refractivity contribution is 0.254. The highest BCUT2D eigenvalue weighted by molar-refractivity contribution is 5.78. The third-order valence-electron chi connectivity index (χ3n) is 6.35. The molecular formula is C24H36N2O2. The molecule has 0 radical (unpaired) electrons. The van der Waals surface area contributed by atoms with Crippen molar-refractivity contribution < 1.29 is 9.47 Å². The van der Waals surface area contributed by atoms with Gasteiger partial charge in [-0.25, -0.2) is 0 Å². The third-order valence-corrected chi connectivity index (χ3v) is 6.35. The first kappa shape index (κ1) is 19.6. The summed E-state index contributed by atoms with van der Waals surface area (Å²) in [6.07, 6.45) is 9.98. The Morgan fingerprint density at radius 2 is 1.93 bits per heavy atom. The molecule has 1 aromatic carbocycles. The van der Waals surface area contributed by atoms with Crippen molar-refractivity contribution in [1.82, 2.24) is 4.90 Å². The molecular weight excluding hydrogens is 348 g/mol. The third kappa shape index (κ3) is 4.17. The van der Waals surface area contributed by atoms with Gasteiger partial charge < -0.3 is 19.3 Å². The maximum Gasteiger partial charge on any atom is 0.163 e. The number of ether oxygens (including phenoxy) is 2. The van der Waals surface area contributed by atoms with Crippen LogP contribution in [0, 0.1) is 5.92 Å². The molecule has 154 valence electrons. The Balaban J connectivity index is 1.51. The molecule has 2 fully saturated rings. The van der Waals surface area contributed by atoms with Gasteiger partial charge in [0.2, 0.25) is 0 Å². The van der Waals surface area contributed by atoms with Crippen molar-refractivity contribution in [1.29, 1.82) is 0 Å². The highest BCUT2D eigenvalue weighted by Crippen LogP contribution is 2.45. The molecule has 2 heterocycles. The molecule has 1 aliphatic carbocycles. The van der Waals surface area contributed by atoms with Crippen LogP contribution in [-0.2, 0) is 0 Å². The molecule has 1 unspecified atom stereocenters. The van der Waals surface area contributed by atoms with Crippen LogP contribution in [0.25, 0.3) is 6.08 Å². The smallest absolute Gasteiger partial charge is 0.163 e. The zero-order valence-corrected chi connectivity index (χ0v) is 17.9. The number of hydrogen-bond acceptors (Lipinski definition) is 4. The summed E-state index contributed by atoms with van der Waals surface area (Å²) in [6.45, 7) is 10.1. The van der Waals surface area contributed by atoms with E-state index in [0.29, 0.717) is 12.0 Å². The van der Waals surface area contributed by atoms with Gasteiger partial charge in [-0.15, -0.1) is 0 Å². The topological polar surface area (TPSA) is 24.9 Å². The molecule has 1 atom stereocenters. The van der Waals surface area contributed by atoms with Crippen molar-refractivity contribution in [3.8, 4) is 11.5 Å². The number of benzene rings is 1. The van der Waals surface area contributed by atoms with Crippen molar-refractivity contribution in [3.63, 3.8) is 0 Å². The van der Waals surface area contributed by atoms with Crippen LogP contribution in [0.2, 0.25) is 0 Å². The Hall–Kier alpha value is -1.68. The highest BCUT2D eigenvalue weighted by Gasteiger charge is 2.33. The van der Waals surface area contributed by atoms with Crippen LogP contribution < -0.4 is 14.4 Å². The maximum absolute atomic E-state index is 6.22. The van der Waals surface area contributed by atoms with E-state index < -0.39 is 0 Å². The quantitative estimate of drug-likeness (QED) is 0.591. The number of hydrogen-bond donors (Lipinski definition) is 0. The number of likely N-dealkylation sites (tertiary alicyclic amines) is 1. The average Bonchev–Trinajstić information content (AvgIpc) is 3.36. The molecule has 4 heteroatoms. The van der Waals surface area contributed by atoms with Crippen molar-refractivity contribution in [2.75, 3.05) is 44.8 Å². The molecule has 4 nitrogen and oxygen atoms in total. The van der Waals surface area contributed by atoms with Crippen molar-refractivity contribution in [2.24, 2.45) is 5.92 Å². The Morgan fingerprint density at radius 1 is 1.11 bits per heavy atom. The molecule has 0 amide bonds. The van der Waals surface area contributed by atoms with Gasteiger partial charge in [0.25, 0.3) is 0 Å². The van der Waals surface area contributed by atoms with E-state index >= 15 is 0 Å². The van der Waals surface area contributed by atoms with Gasteiger partial charge in [-0.1, -0.05) is 19.9 Å². The minimum atomic E-state index is 0.575. The Bertz CT molecular complexity index is 707. The van der Waals surface area contributed by atoms with E-state index in [1.54, 1.807) is 12.7 Å². The van der Waals surface area contributed by atoms with Crippen LogP contribution >= 0.6 is 0 Å². The number of rotatable bonds is 8. The normalized spacial score (nSPS) is 21.6. The highest BCUT2D eigenvalue weighted by atomic mass is 16.5. The molecule has 1 aromatic rings. The molecule has 1 saturated carbocycles. The second-order valence-corrected chi connectivity index (χ2v) is 8.99. The molecule has 2 aliphatic heterocycles. The fourth-order valence-electron chi connectivity index (χ4n) is 5.04.